The van der Waals surface area contributed by atoms with Crippen LogP contribution in [0.15, 0.2) is 67.3 Å². The van der Waals surface area contributed by atoms with Crippen LogP contribution in [0.1, 0.15) is 28.4 Å². The van der Waals surface area contributed by atoms with Crippen LogP contribution in [0.25, 0.3) is 0 Å². The van der Waals surface area contributed by atoms with Crippen molar-refractivity contribution in [2.24, 2.45) is 0 Å². The van der Waals surface area contributed by atoms with Gasteiger partial charge in [-0.15, -0.1) is 0 Å². The molecule has 1 N–H and O–H groups in total. The Bertz CT molecular complexity index is 1020. The van der Waals surface area contributed by atoms with E-state index in [1.54, 1.807) is 19.4 Å². The number of aromatic nitrogens is 2. The van der Waals surface area contributed by atoms with Crippen LogP contribution in [-0.4, -0.2) is 52.4 Å². The minimum Gasteiger partial charge on any atom is -0.368 e. The van der Waals surface area contributed by atoms with Gasteiger partial charge in [-0.1, -0.05) is 24.3 Å². The van der Waals surface area contributed by atoms with E-state index < -0.39 is 0 Å². The number of hydrogen-bond acceptors (Lipinski definition) is 4. The molecule has 3 aromatic rings. The van der Waals surface area contributed by atoms with Gasteiger partial charge in [-0.05, 0) is 42.3 Å². The number of piperazine rings is 1. The number of carbonyl (C=O) groups excluding carboxylic acids is 2. The minimum atomic E-state index is -0.0356. The third kappa shape index (κ3) is 5.31. The largest absolute Gasteiger partial charge is 0.368 e. The smallest absolute Gasteiger partial charge is 0.317 e. The second kappa shape index (κ2) is 9.47. The van der Waals surface area contributed by atoms with Crippen LogP contribution in [0.4, 0.5) is 10.5 Å². The Kier molecular flexibility index (Phi) is 6.31. The number of carbonyl (C=O) groups is 2. The van der Waals surface area contributed by atoms with Gasteiger partial charge in [0, 0.05) is 62.9 Å². The van der Waals surface area contributed by atoms with Crippen molar-refractivity contribution in [1.82, 2.24) is 19.8 Å². The van der Waals surface area contributed by atoms with Gasteiger partial charge in [0.15, 0.2) is 5.78 Å². The lowest BCUT2D eigenvalue weighted by Crippen LogP contribution is -2.51. The molecule has 1 saturated heterocycles. The maximum atomic E-state index is 12.6. The summed E-state index contributed by atoms with van der Waals surface area (Å²) < 4.78 is 2.02. The van der Waals surface area contributed by atoms with E-state index in [1.165, 1.54) is 5.56 Å². The number of nitrogens with one attached hydrogen (secondary N) is 1. The lowest BCUT2D eigenvalue weighted by Gasteiger charge is -2.36. The van der Waals surface area contributed by atoms with E-state index in [4.69, 9.17) is 0 Å². The fourth-order valence-electron chi connectivity index (χ4n) is 3.79. The molecule has 0 radical (unpaired) electrons. The van der Waals surface area contributed by atoms with E-state index >= 15 is 0 Å². The molecule has 160 valence electrons. The molecule has 2 amide bonds. The van der Waals surface area contributed by atoms with Crippen LogP contribution in [0.2, 0.25) is 0 Å². The van der Waals surface area contributed by atoms with Gasteiger partial charge < -0.3 is 19.7 Å². The van der Waals surface area contributed by atoms with Crippen molar-refractivity contribution in [2.45, 2.75) is 20.0 Å². The molecule has 0 saturated carbocycles. The Morgan fingerprint density at radius 3 is 2.42 bits per heavy atom. The zero-order valence-corrected chi connectivity index (χ0v) is 17.7. The van der Waals surface area contributed by atoms with E-state index in [-0.39, 0.29) is 11.8 Å². The topological polar surface area (TPSA) is 70.5 Å². The number of benzene rings is 2. The van der Waals surface area contributed by atoms with Crippen LogP contribution in [0, 0.1) is 0 Å². The number of hydrogen-bond donors (Lipinski definition) is 1. The monoisotopic (exact) mass is 417 g/mol. The quantitative estimate of drug-likeness (QED) is 0.626. The van der Waals surface area contributed by atoms with Crippen molar-refractivity contribution in [2.75, 3.05) is 31.1 Å². The fraction of sp³-hybridized carbons (Fsp3) is 0.292. The fourth-order valence-corrected chi connectivity index (χ4v) is 3.79. The van der Waals surface area contributed by atoms with Crippen LogP contribution in [-0.2, 0) is 13.1 Å². The lowest BCUT2D eigenvalue weighted by molar-refractivity contribution is 0.101. The summed E-state index contributed by atoms with van der Waals surface area (Å²) in [6, 6.07) is 15.9. The molecule has 1 aliphatic rings. The Morgan fingerprint density at radius 1 is 1.00 bits per heavy atom. The molecule has 0 atom stereocenters. The van der Waals surface area contributed by atoms with Gasteiger partial charge in [-0.25, -0.2) is 9.78 Å². The zero-order valence-electron chi connectivity index (χ0n) is 17.7. The first-order valence-electron chi connectivity index (χ1n) is 10.5. The molecule has 0 bridgehead atoms. The zero-order chi connectivity index (χ0) is 21.6. The Hall–Kier alpha value is -3.61. The van der Waals surface area contributed by atoms with Crippen molar-refractivity contribution in [1.29, 1.82) is 0 Å². The van der Waals surface area contributed by atoms with Crippen LogP contribution < -0.4 is 10.2 Å². The number of rotatable bonds is 6. The van der Waals surface area contributed by atoms with E-state index in [9.17, 15) is 9.59 Å². The van der Waals surface area contributed by atoms with E-state index in [1.807, 2.05) is 52.1 Å². The van der Waals surface area contributed by atoms with Crippen molar-refractivity contribution in [3.05, 3.63) is 83.9 Å². The highest BCUT2D eigenvalue weighted by atomic mass is 16.2. The summed E-state index contributed by atoms with van der Waals surface area (Å²) in [5, 5.41) is 3.04. The molecule has 1 fully saturated rings. The number of Topliss-reactive ketones (excluding diaryl/α,β-unsaturated/α-hetero) is 1. The lowest BCUT2D eigenvalue weighted by atomic mass is 10.1. The van der Waals surface area contributed by atoms with Gasteiger partial charge in [-0.3, -0.25) is 4.79 Å². The highest BCUT2D eigenvalue weighted by Gasteiger charge is 2.21. The average molecular weight is 418 g/mol. The van der Waals surface area contributed by atoms with Gasteiger partial charge in [0.2, 0.25) is 0 Å². The molecule has 0 unspecified atom stereocenters. The van der Waals surface area contributed by atoms with Crippen LogP contribution in [0.5, 0.6) is 0 Å². The molecule has 7 nitrogen and oxygen atoms in total. The molecule has 1 aliphatic heterocycles. The van der Waals surface area contributed by atoms with Crippen molar-refractivity contribution in [3.8, 4) is 0 Å². The highest BCUT2D eigenvalue weighted by Crippen LogP contribution is 2.18. The standard InChI is InChI=1S/C24H27N5O2/c1-19(30)22-5-7-23(8-6-22)28-11-13-29(14-12-28)24(31)26-16-20-3-2-4-21(15-20)17-27-10-9-25-18-27/h2-10,15,18H,11-14,16-17H2,1H3,(H,26,31). The van der Waals surface area contributed by atoms with Crippen molar-refractivity contribution in [3.63, 3.8) is 0 Å². The SMILES string of the molecule is CC(=O)c1ccc(N2CCN(C(=O)NCc3cccc(Cn4ccnc4)c3)CC2)cc1. The van der Waals surface area contributed by atoms with E-state index in [0.29, 0.717) is 19.6 Å². The summed E-state index contributed by atoms with van der Waals surface area (Å²) in [6.07, 6.45) is 5.50. The first kappa shape index (κ1) is 20.7. The molecule has 2 heterocycles. The Labute approximate surface area is 182 Å². The molecule has 1 aromatic heterocycles. The number of imidazole rings is 1. The number of ketones is 1. The van der Waals surface area contributed by atoms with Crippen LogP contribution >= 0.6 is 0 Å². The van der Waals surface area contributed by atoms with Gasteiger partial charge in [-0.2, -0.15) is 0 Å². The number of anilines is 1. The summed E-state index contributed by atoms with van der Waals surface area (Å²) >= 11 is 0. The molecular formula is C24H27N5O2. The minimum absolute atomic E-state index is 0.0356. The molecule has 4 rings (SSSR count). The summed E-state index contributed by atoms with van der Waals surface area (Å²) in [4.78, 5) is 32.2. The van der Waals surface area contributed by atoms with Gasteiger partial charge in [0.05, 0.1) is 6.33 Å². The normalized spacial score (nSPS) is 13.8. The summed E-state index contributed by atoms with van der Waals surface area (Å²) in [5.41, 5.74) is 4.06. The first-order valence-corrected chi connectivity index (χ1v) is 10.5. The summed E-state index contributed by atoms with van der Waals surface area (Å²) in [6.45, 7) is 5.71. The Morgan fingerprint density at radius 2 is 1.74 bits per heavy atom. The molecule has 0 spiro atoms. The predicted molar refractivity (Wildman–Crippen MR) is 120 cm³/mol. The molecule has 0 aliphatic carbocycles. The molecule has 7 heteroatoms. The Balaban J connectivity index is 1.26. The number of urea groups is 1. The van der Waals surface area contributed by atoms with Crippen molar-refractivity contribution >= 4 is 17.5 Å². The third-order valence-electron chi connectivity index (χ3n) is 5.57. The van der Waals surface area contributed by atoms with Crippen LogP contribution in [0.3, 0.4) is 0 Å². The average Bonchev–Trinajstić information content (AvgIpc) is 3.31. The molecule has 31 heavy (non-hydrogen) atoms. The van der Waals surface area contributed by atoms with E-state index in [0.717, 1.165) is 36.4 Å². The highest BCUT2D eigenvalue weighted by molar-refractivity contribution is 5.94. The number of amides is 2. The molecular weight excluding hydrogens is 390 g/mol. The second-order valence-electron chi connectivity index (χ2n) is 7.79. The maximum absolute atomic E-state index is 12.6. The van der Waals surface area contributed by atoms with E-state index in [2.05, 4.69) is 27.3 Å². The van der Waals surface area contributed by atoms with Crippen molar-refractivity contribution < 1.29 is 9.59 Å². The summed E-state index contributed by atoms with van der Waals surface area (Å²) in [7, 11) is 0. The maximum Gasteiger partial charge on any atom is 0.317 e. The van der Waals surface area contributed by atoms with Gasteiger partial charge in [0.1, 0.15) is 0 Å². The first-order chi connectivity index (χ1) is 15.1. The second-order valence-corrected chi connectivity index (χ2v) is 7.79. The van der Waals surface area contributed by atoms with Gasteiger partial charge in [0.25, 0.3) is 0 Å². The number of nitrogens with zero attached hydrogens (tertiary/aromatic N) is 4. The predicted octanol–water partition coefficient (Wildman–Crippen LogP) is 3.17. The molecule has 2 aromatic carbocycles. The summed E-state index contributed by atoms with van der Waals surface area (Å²) in [5.74, 6) is 0.0697. The third-order valence-corrected chi connectivity index (χ3v) is 5.57. The van der Waals surface area contributed by atoms with Gasteiger partial charge >= 0.3 is 6.03 Å².